The maximum atomic E-state index is 11.6. The first kappa shape index (κ1) is 12.9. The van der Waals surface area contributed by atoms with Gasteiger partial charge in [0.05, 0.1) is 5.69 Å². The maximum absolute atomic E-state index is 11.6. The Bertz CT molecular complexity index is 420. The summed E-state index contributed by atoms with van der Waals surface area (Å²) < 4.78 is 0. The number of nitrogens with one attached hydrogen (secondary N) is 1. The molecule has 0 unspecified atom stereocenters. The van der Waals surface area contributed by atoms with Gasteiger partial charge in [0.15, 0.2) is 6.61 Å². The Balaban J connectivity index is 2.66. The summed E-state index contributed by atoms with van der Waals surface area (Å²) in [5.41, 5.74) is 3.13. The quantitative estimate of drug-likeness (QED) is 0.714. The van der Waals surface area contributed by atoms with Crippen LogP contribution in [0.3, 0.4) is 0 Å². The summed E-state index contributed by atoms with van der Waals surface area (Å²) in [5.74, 6) is -1.33. The van der Waals surface area contributed by atoms with Gasteiger partial charge in [-0.05, 0) is 12.1 Å². The Labute approximate surface area is 98.0 Å². The van der Waals surface area contributed by atoms with Crippen LogP contribution in [-0.4, -0.2) is 47.6 Å². The van der Waals surface area contributed by atoms with Crippen molar-refractivity contribution in [3.63, 3.8) is 0 Å². The van der Waals surface area contributed by atoms with Gasteiger partial charge in [-0.3, -0.25) is 20.1 Å². The lowest BCUT2D eigenvalue weighted by Crippen LogP contribution is -2.22. The molecule has 1 amide bonds. The van der Waals surface area contributed by atoms with Crippen LogP contribution in [0.2, 0.25) is 0 Å². The molecule has 0 bridgehead atoms. The van der Waals surface area contributed by atoms with Gasteiger partial charge in [-0.2, -0.15) is 0 Å². The van der Waals surface area contributed by atoms with Crippen molar-refractivity contribution in [2.45, 2.75) is 0 Å². The Kier molecular flexibility index (Phi) is 4.41. The van der Waals surface area contributed by atoms with Crippen molar-refractivity contribution in [1.29, 1.82) is 0 Å². The third-order valence-electron chi connectivity index (χ3n) is 1.77. The van der Waals surface area contributed by atoms with Crippen LogP contribution in [0.15, 0.2) is 18.3 Å². The van der Waals surface area contributed by atoms with E-state index in [2.05, 4.69) is 15.3 Å². The molecule has 0 aliphatic rings. The normalized spacial score (nSPS) is 9.76. The van der Waals surface area contributed by atoms with E-state index in [4.69, 9.17) is 5.11 Å². The minimum atomic E-state index is -1.09. The van der Waals surface area contributed by atoms with Crippen LogP contribution in [0.4, 0.5) is 5.69 Å². The lowest BCUT2D eigenvalue weighted by Gasteiger charge is -2.10. The summed E-state index contributed by atoms with van der Waals surface area (Å²) in [6, 6.07) is 3.04. The molecule has 0 saturated heterocycles. The first-order valence-corrected chi connectivity index (χ1v) is 4.78. The fourth-order valence-corrected chi connectivity index (χ4v) is 1.02. The number of hydrogen-bond acceptors (Lipinski definition) is 5. The van der Waals surface area contributed by atoms with Crippen molar-refractivity contribution in [1.82, 2.24) is 9.88 Å². The fraction of sp³-hybridized carbons (Fsp3) is 0.300. The van der Waals surface area contributed by atoms with E-state index in [-0.39, 0.29) is 11.6 Å². The van der Waals surface area contributed by atoms with Gasteiger partial charge in [-0.1, -0.05) is 0 Å². The number of rotatable bonds is 5. The molecule has 7 heteroatoms. The zero-order valence-corrected chi connectivity index (χ0v) is 9.51. The van der Waals surface area contributed by atoms with Gasteiger partial charge in [0.1, 0.15) is 5.69 Å². The van der Waals surface area contributed by atoms with Gasteiger partial charge in [0.25, 0.3) is 5.91 Å². The maximum Gasteiger partial charge on any atom is 0.332 e. The molecular weight excluding hydrogens is 226 g/mol. The summed E-state index contributed by atoms with van der Waals surface area (Å²) in [7, 11) is 3.23. The minimum Gasteiger partial charge on any atom is -0.479 e. The fourth-order valence-electron chi connectivity index (χ4n) is 1.02. The van der Waals surface area contributed by atoms with Gasteiger partial charge in [0, 0.05) is 20.3 Å². The molecule has 92 valence electrons. The minimum absolute atomic E-state index is 0.244. The molecule has 1 aromatic heterocycles. The van der Waals surface area contributed by atoms with Crippen LogP contribution in [0.5, 0.6) is 0 Å². The number of carbonyl (C=O) groups excluding carboxylic acids is 1. The molecule has 1 rings (SSSR count). The molecule has 0 radical (unpaired) electrons. The predicted molar refractivity (Wildman–Crippen MR) is 59.5 cm³/mol. The summed E-state index contributed by atoms with van der Waals surface area (Å²) in [5, 5.41) is 8.37. The highest BCUT2D eigenvalue weighted by atomic mass is 16.7. The molecule has 0 aromatic carbocycles. The molecule has 1 aromatic rings. The van der Waals surface area contributed by atoms with Gasteiger partial charge < -0.3 is 10.0 Å². The summed E-state index contributed by atoms with van der Waals surface area (Å²) >= 11 is 0. The zero-order valence-electron chi connectivity index (χ0n) is 9.51. The second kappa shape index (κ2) is 5.80. The van der Waals surface area contributed by atoms with E-state index in [0.29, 0.717) is 5.69 Å². The Morgan fingerprint density at radius 1 is 1.53 bits per heavy atom. The molecule has 7 nitrogen and oxygen atoms in total. The number of aromatic nitrogens is 1. The van der Waals surface area contributed by atoms with Gasteiger partial charge in [0.2, 0.25) is 0 Å². The van der Waals surface area contributed by atoms with Crippen LogP contribution in [-0.2, 0) is 9.63 Å². The van der Waals surface area contributed by atoms with E-state index in [1.165, 1.54) is 17.2 Å². The zero-order chi connectivity index (χ0) is 12.8. The SMILES string of the molecule is CN(C)C(=O)c1cc(NOCC(=O)O)ccn1. The first-order valence-electron chi connectivity index (χ1n) is 4.78. The van der Waals surface area contributed by atoms with Crippen LogP contribution in [0.25, 0.3) is 0 Å². The standard InChI is InChI=1S/C10H13N3O4/c1-13(2)10(16)8-5-7(3-4-11-8)12-17-6-9(14)15/h3-5H,6H2,1-2H3,(H,11,12)(H,14,15). The molecule has 2 N–H and O–H groups in total. The second-order valence-corrected chi connectivity index (χ2v) is 3.41. The highest BCUT2D eigenvalue weighted by Crippen LogP contribution is 2.09. The summed E-state index contributed by atoms with van der Waals surface area (Å²) in [6.45, 7) is -0.473. The number of carboxylic acid groups (broad SMARTS) is 1. The topological polar surface area (TPSA) is 91.8 Å². The smallest absolute Gasteiger partial charge is 0.332 e. The van der Waals surface area contributed by atoms with E-state index < -0.39 is 12.6 Å². The van der Waals surface area contributed by atoms with Crippen LogP contribution in [0, 0.1) is 0 Å². The number of aliphatic carboxylic acids is 1. The Morgan fingerprint density at radius 2 is 2.24 bits per heavy atom. The van der Waals surface area contributed by atoms with Crippen LogP contribution < -0.4 is 5.48 Å². The number of amides is 1. The van der Waals surface area contributed by atoms with Crippen LogP contribution in [0.1, 0.15) is 10.5 Å². The van der Waals surface area contributed by atoms with Crippen molar-refractivity contribution in [2.24, 2.45) is 0 Å². The van der Waals surface area contributed by atoms with Crippen molar-refractivity contribution < 1.29 is 19.5 Å². The molecule has 0 aliphatic carbocycles. The highest BCUT2D eigenvalue weighted by Gasteiger charge is 2.09. The van der Waals surface area contributed by atoms with Crippen molar-refractivity contribution >= 4 is 17.6 Å². The number of carboxylic acids is 1. The summed E-state index contributed by atoms with van der Waals surface area (Å²) in [6.07, 6.45) is 1.43. The van der Waals surface area contributed by atoms with E-state index in [1.54, 1.807) is 20.2 Å². The van der Waals surface area contributed by atoms with E-state index >= 15 is 0 Å². The monoisotopic (exact) mass is 239 g/mol. The van der Waals surface area contributed by atoms with Gasteiger partial charge in [-0.15, -0.1) is 0 Å². The average Bonchev–Trinajstić information content (AvgIpc) is 2.28. The molecule has 0 aliphatic heterocycles. The number of nitrogens with zero attached hydrogens (tertiary/aromatic N) is 2. The lowest BCUT2D eigenvalue weighted by molar-refractivity contribution is -0.141. The molecule has 1 heterocycles. The van der Waals surface area contributed by atoms with Crippen molar-refractivity contribution in [3.8, 4) is 0 Å². The predicted octanol–water partition coefficient (Wildman–Crippen LogP) is 0.211. The van der Waals surface area contributed by atoms with E-state index in [0.717, 1.165) is 0 Å². The Morgan fingerprint density at radius 3 is 2.82 bits per heavy atom. The molecule has 0 atom stereocenters. The summed E-state index contributed by atoms with van der Waals surface area (Å²) in [4.78, 5) is 31.8. The molecule has 0 fully saturated rings. The van der Waals surface area contributed by atoms with E-state index in [9.17, 15) is 9.59 Å². The van der Waals surface area contributed by atoms with Crippen molar-refractivity contribution in [3.05, 3.63) is 24.0 Å². The third kappa shape index (κ3) is 4.07. The first-order chi connectivity index (χ1) is 8.00. The molecular formula is C10H13N3O4. The van der Waals surface area contributed by atoms with Gasteiger partial charge >= 0.3 is 5.97 Å². The largest absolute Gasteiger partial charge is 0.479 e. The van der Waals surface area contributed by atoms with E-state index in [1.807, 2.05) is 0 Å². The highest BCUT2D eigenvalue weighted by molar-refractivity contribution is 5.92. The van der Waals surface area contributed by atoms with Crippen LogP contribution >= 0.6 is 0 Å². The average molecular weight is 239 g/mol. The number of carbonyl (C=O) groups is 2. The lowest BCUT2D eigenvalue weighted by atomic mass is 10.3. The Hall–Kier alpha value is -2.15. The number of hydrogen-bond donors (Lipinski definition) is 2. The molecule has 17 heavy (non-hydrogen) atoms. The van der Waals surface area contributed by atoms with Gasteiger partial charge in [-0.25, -0.2) is 4.79 Å². The van der Waals surface area contributed by atoms with Crippen molar-refractivity contribution in [2.75, 3.05) is 26.2 Å². The third-order valence-corrected chi connectivity index (χ3v) is 1.77. The molecule has 0 spiro atoms. The number of anilines is 1. The molecule has 0 saturated carbocycles. The second-order valence-electron chi connectivity index (χ2n) is 3.41. The number of pyridine rings is 1.